The van der Waals surface area contributed by atoms with Gasteiger partial charge < -0.3 is 14.8 Å². The van der Waals surface area contributed by atoms with E-state index in [1.165, 1.54) is 4.68 Å². The summed E-state index contributed by atoms with van der Waals surface area (Å²) in [7, 11) is 1.58. The normalized spacial score (nSPS) is 16.0. The Morgan fingerprint density at radius 2 is 2.26 bits per heavy atom. The minimum atomic E-state index is -0.811. The van der Waals surface area contributed by atoms with E-state index >= 15 is 0 Å². The first kappa shape index (κ1) is 19.3. The Balaban J connectivity index is 1.74. The number of methoxy groups -OCH3 is 1. The Morgan fingerprint density at radius 3 is 3.00 bits per heavy atom. The molecule has 27 heavy (non-hydrogen) atoms. The summed E-state index contributed by atoms with van der Waals surface area (Å²) in [5, 5.41) is 10.2. The number of nitrogens with one attached hydrogen (secondary N) is 2. The smallest absolute Gasteiger partial charge is 0.249 e. The van der Waals surface area contributed by atoms with Gasteiger partial charge in [0.25, 0.3) is 0 Å². The highest BCUT2D eigenvalue weighted by Crippen LogP contribution is 2.26. The van der Waals surface area contributed by atoms with E-state index in [0.29, 0.717) is 29.7 Å². The van der Waals surface area contributed by atoms with E-state index in [1.807, 2.05) is 13.0 Å². The number of halogens is 1. The van der Waals surface area contributed by atoms with Crippen molar-refractivity contribution in [2.75, 3.05) is 31.0 Å². The van der Waals surface area contributed by atoms with Crippen molar-refractivity contribution in [3.05, 3.63) is 34.6 Å². The van der Waals surface area contributed by atoms with Gasteiger partial charge in [0, 0.05) is 17.8 Å². The van der Waals surface area contributed by atoms with Crippen LogP contribution in [0, 0.1) is 6.92 Å². The van der Waals surface area contributed by atoms with Gasteiger partial charge in [0.05, 0.1) is 19.6 Å². The van der Waals surface area contributed by atoms with E-state index in [0.717, 1.165) is 5.56 Å². The van der Waals surface area contributed by atoms with E-state index in [9.17, 15) is 9.59 Å². The molecule has 2 N–H and O–H groups in total. The molecule has 1 aliphatic rings. The number of fused-ring (bicyclic) bond motifs is 1. The quantitative estimate of drug-likeness (QED) is 0.696. The number of amides is 2. The molecule has 2 amide bonds. The van der Waals surface area contributed by atoms with Crippen LogP contribution < -0.4 is 10.6 Å². The van der Waals surface area contributed by atoms with E-state index in [-0.39, 0.29) is 30.8 Å². The van der Waals surface area contributed by atoms with Crippen molar-refractivity contribution < 1.29 is 19.1 Å². The van der Waals surface area contributed by atoms with Gasteiger partial charge in [-0.2, -0.15) is 10.1 Å². The highest BCUT2D eigenvalue weighted by Gasteiger charge is 2.33. The van der Waals surface area contributed by atoms with Crippen molar-refractivity contribution in [3.8, 4) is 0 Å². The summed E-state index contributed by atoms with van der Waals surface area (Å²) in [4.78, 5) is 28.9. The number of carbonyl (C=O) groups is 2. The SMILES string of the molecule is COCCOCc1nc2n(n1)[C@@H](C(=O)Nc1ccc(C)c(Cl)c1)CC(=O)N2. The Labute approximate surface area is 161 Å². The molecule has 2 aromatic rings. The van der Waals surface area contributed by atoms with Crippen LogP contribution in [0.25, 0.3) is 0 Å². The second-order valence-electron chi connectivity index (χ2n) is 6.06. The zero-order chi connectivity index (χ0) is 19.4. The summed E-state index contributed by atoms with van der Waals surface area (Å²) in [6, 6.07) is 4.41. The Hall–Kier alpha value is -2.49. The maximum atomic E-state index is 12.7. The third-order valence-electron chi connectivity index (χ3n) is 4.01. The van der Waals surface area contributed by atoms with Gasteiger partial charge in [-0.25, -0.2) is 4.68 Å². The number of hydrogen-bond donors (Lipinski definition) is 2. The molecule has 0 aliphatic carbocycles. The fourth-order valence-corrected chi connectivity index (χ4v) is 2.76. The molecule has 1 aliphatic heterocycles. The van der Waals surface area contributed by atoms with Crippen LogP contribution in [0.15, 0.2) is 18.2 Å². The average molecular weight is 394 g/mol. The van der Waals surface area contributed by atoms with Crippen LogP contribution in [0.1, 0.15) is 23.9 Å². The Kier molecular flexibility index (Phi) is 6.04. The molecule has 9 nitrogen and oxygen atoms in total. The topological polar surface area (TPSA) is 107 Å². The van der Waals surface area contributed by atoms with E-state index in [1.54, 1.807) is 19.2 Å². The standard InChI is InChI=1S/C17H20ClN5O4/c1-10-3-4-11(7-12(10)18)19-16(25)13-8-15(24)21-17-20-14(22-23(13)17)9-27-6-5-26-2/h3-4,7,13H,5-6,8-9H2,1-2H3,(H,19,25)(H,20,21,22,24)/t13-/m1/s1. The summed E-state index contributed by atoms with van der Waals surface area (Å²) in [6.07, 6.45) is -0.0360. The van der Waals surface area contributed by atoms with Crippen molar-refractivity contribution in [2.45, 2.75) is 26.0 Å². The monoisotopic (exact) mass is 393 g/mol. The van der Waals surface area contributed by atoms with Crippen molar-refractivity contribution in [1.82, 2.24) is 14.8 Å². The number of hydrogen-bond acceptors (Lipinski definition) is 6. The highest BCUT2D eigenvalue weighted by molar-refractivity contribution is 6.31. The van der Waals surface area contributed by atoms with E-state index in [4.69, 9.17) is 21.1 Å². The van der Waals surface area contributed by atoms with Crippen molar-refractivity contribution in [1.29, 1.82) is 0 Å². The first-order valence-corrected chi connectivity index (χ1v) is 8.74. The lowest BCUT2D eigenvalue weighted by Gasteiger charge is -2.22. The molecule has 3 rings (SSSR count). The summed E-state index contributed by atoms with van der Waals surface area (Å²) < 4.78 is 11.7. The van der Waals surface area contributed by atoms with Gasteiger partial charge in [0.1, 0.15) is 12.6 Å². The molecule has 1 atom stereocenters. The minimum absolute atomic E-state index is 0.0360. The molecule has 0 radical (unpaired) electrons. The number of aromatic nitrogens is 3. The predicted octanol–water partition coefficient (Wildman–Crippen LogP) is 1.92. The van der Waals surface area contributed by atoms with Crippen LogP contribution >= 0.6 is 11.6 Å². The highest BCUT2D eigenvalue weighted by atomic mass is 35.5. The molecular weight excluding hydrogens is 374 g/mol. The summed E-state index contributed by atoms with van der Waals surface area (Å²) in [6.45, 7) is 2.87. The average Bonchev–Trinajstić information content (AvgIpc) is 3.03. The van der Waals surface area contributed by atoms with Crippen molar-refractivity contribution >= 4 is 35.1 Å². The van der Waals surface area contributed by atoms with Gasteiger partial charge in [-0.05, 0) is 24.6 Å². The van der Waals surface area contributed by atoms with Crippen molar-refractivity contribution in [2.24, 2.45) is 0 Å². The first-order valence-electron chi connectivity index (χ1n) is 8.37. The van der Waals surface area contributed by atoms with Crippen LogP contribution in [0.5, 0.6) is 0 Å². The number of aryl methyl sites for hydroxylation is 1. The molecule has 0 unspecified atom stereocenters. The van der Waals surface area contributed by atoms with Crippen LogP contribution in [0.3, 0.4) is 0 Å². The molecule has 1 aromatic heterocycles. The van der Waals surface area contributed by atoms with Crippen LogP contribution in [-0.2, 0) is 25.7 Å². The molecule has 2 heterocycles. The van der Waals surface area contributed by atoms with E-state index in [2.05, 4.69) is 20.7 Å². The fraction of sp³-hybridized carbons (Fsp3) is 0.412. The molecule has 0 saturated heterocycles. The van der Waals surface area contributed by atoms with E-state index < -0.39 is 6.04 Å². The second kappa shape index (κ2) is 8.47. The van der Waals surface area contributed by atoms with Crippen LogP contribution in [-0.4, -0.2) is 46.9 Å². The third kappa shape index (κ3) is 4.62. The molecule has 0 saturated carbocycles. The zero-order valence-electron chi connectivity index (χ0n) is 15.0. The lowest BCUT2D eigenvalue weighted by molar-refractivity contribution is -0.125. The molecule has 0 spiro atoms. The number of ether oxygens (including phenoxy) is 2. The maximum Gasteiger partial charge on any atom is 0.249 e. The fourth-order valence-electron chi connectivity index (χ4n) is 2.57. The van der Waals surface area contributed by atoms with Crippen LogP contribution in [0.4, 0.5) is 11.6 Å². The number of rotatable bonds is 7. The summed E-state index contributed by atoms with van der Waals surface area (Å²) in [5.41, 5.74) is 1.45. The summed E-state index contributed by atoms with van der Waals surface area (Å²) >= 11 is 6.10. The number of anilines is 2. The first-order chi connectivity index (χ1) is 13.0. The number of nitrogens with zero attached hydrogens (tertiary/aromatic N) is 3. The lowest BCUT2D eigenvalue weighted by atomic mass is 10.1. The van der Waals surface area contributed by atoms with Gasteiger partial charge >= 0.3 is 0 Å². The number of carbonyl (C=O) groups excluding carboxylic acids is 2. The predicted molar refractivity (Wildman–Crippen MR) is 98.7 cm³/mol. The van der Waals surface area contributed by atoms with Gasteiger partial charge in [0.2, 0.25) is 17.8 Å². The third-order valence-corrected chi connectivity index (χ3v) is 4.41. The molecule has 0 fully saturated rings. The van der Waals surface area contributed by atoms with Gasteiger partial charge in [-0.3, -0.25) is 14.9 Å². The van der Waals surface area contributed by atoms with Gasteiger partial charge in [-0.1, -0.05) is 17.7 Å². The molecule has 1 aromatic carbocycles. The Morgan fingerprint density at radius 1 is 1.44 bits per heavy atom. The molecule has 0 bridgehead atoms. The van der Waals surface area contributed by atoms with Gasteiger partial charge in [0.15, 0.2) is 5.82 Å². The lowest BCUT2D eigenvalue weighted by Crippen LogP contribution is -2.36. The zero-order valence-corrected chi connectivity index (χ0v) is 15.7. The maximum absolute atomic E-state index is 12.7. The second-order valence-corrected chi connectivity index (χ2v) is 6.47. The Bertz CT molecular complexity index is 854. The van der Waals surface area contributed by atoms with Crippen molar-refractivity contribution in [3.63, 3.8) is 0 Å². The number of benzene rings is 1. The molecular formula is C17H20ClN5O4. The summed E-state index contributed by atoms with van der Waals surface area (Å²) in [5.74, 6) is -0.0789. The largest absolute Gasteiger partial charge is 0.382 e. The minimum Gasteiger partial charge on any atom is -0.382 e. The molecule has 144 valence electrons. The molecule has 10 heteroatoms. The van der Waals surface area contributed by atoms with Crippen LogP contribution in [0.2, 0.25) is 5.02 Å². The van der Waals surface area contributed by atoms with Gasteiger partial charge in [-0.15, -0.1) is 0 Å².